The molecule has 0 aliphatic heterocycles. The first-order chi connectivity index (χ1) is 11.5. The number of ether oxygens (including phenoxy) is 2. The minimum atomic E-state index is -0.721. The van der Waals surface area contributed by atoms with Crippen molar-refractivity contribution in [2.75, 3.05) is 45.7 Å². The lowest BCUT2D eigenvalue weighted by Gasteiger charge is -2.17. The molecule has 0 spiro atoms. The second-order valence-corrected chi connectivity index (χ2v) is 5.16. The summed E-state index contributed by atoms with van der Waals surface area (Å²) in [6, 6.07) is 4.95. The fraction of sp³-hybridized carbons (Fsp3) is 0.529. The summed E-state index contributed by atoms with van der Waals surface area (Å²) in [5, 5.41) is 5.17. The van der Waals surface area contributed by atoms with Crippen LogP contribution in [-0.2, 0) is 9.59 Å². The number of anilines is 1. The largest absolute Gasteiger partial charge is 0.497 e. The second-order valence-electron chi connectivity index (χ2n) is 5.16. The number of hydrogen-bond donors (Lipinski definition) is 2. The lowest BCUT2D eigenvalue weighted by atomic mass is 10.2. The quantitative estimate of drug-likeness (QED) is 0.527. The molecular weight excluding hydrogens is 310 g/mol. The number of hydrogen-bond acceptors (Lipinski definition) is 5. The first-order valence-electron chi connectivity index (χ1n) is 8.09. The van der Waals surface area contributed by atoms with Crippen molar-refractivity contribution in [2.24, 2.45) is 0 Å². The van der Waals surface area contributed by atoms with Crippen LogP contribution in [-0.4, -0.2) is 57.1 Å². The predicted octanol–water partition coefficient (Wildman–Crippen LogP) is 1.49. The van der Waals surface area contributed by atoms with Crippen LogP contribution in [0.2, 0.25) is 0 Å². The second kappa shape index (κ2) is 10.5. The molecule has 1 aromatic carbocycles. The van der Waals surface area contributed by atoms with Gasteiger partial charge in [0.2, 0.25) is 0 Å². The van der Waals surface area contributed by atoms with E-state index in [-0.39, 0.29) is 0 Å². The van der Waals surface area contributed by atoms with Crippen LogP contribution in [0.15, 0.2) is 18.2 Å². The molecule has 0 heterocycles. The summed E-state index contributed by atoms with van der Waals surface area (Å²) in [6.45, 7) is 7.49. The molecule has 0 atom stereocenters. The molecule has 7 heteroatoms. The standard InChI is InChI=1S/C17H27N3O4/c1-5-20(6-2)11-7-10-18-16(21)17(22)19-14-9-8-13(23-3)12-15(14)24-4/h8-9,12H,5-7,10-11H2,1-4H3,(H,18,21)(H,19,22). The molecule has 0 aromatic heterocycles. The maximum Gasteiger partial charge on any atom is 0.313 e. The van der Waals surface area contributed by atoms with Crippen LogP contribution in [0.25, 0.3) is 0 Å². The van der Waals surface area contributed by atoms with Crippen molar-refractivity contribution in [3.05, 3.63) is 18.2 Å². The first-order valence-corrected chi connectivity index (χ1v) is 8.09. The number of carbonyl (C=O) groups excluding carboxylic acids is 2. The van der Waals surface area contributed by atoms with Gasteiger partial charge in [-0.2, -0.15) is 0 Å². The molecule has 1 aromatic rings. The molecule has 0 saturated carbocycles. The van der Waals surface area contributed by atoms with Crippen molar-refractivity contribution < 1.29 is 19.1 Å². The Morgan fingerprint density at radius 3 is 2.38 bits per heavy atom. The van der Waals surface area contributed by atoms with E-state index >= 15 is 0 Å². The fourth-order valence-electron chi connectivity index (χ4n) is 2.21. The van der Waals surface area contributed by atoms with Gasteiger partial charge in [-0.25, -0.2) is 0 Å². The number of nitrogens with one attached hydrogen (secondary N) is 2. The van der Waals surface area contributed by atoms with Gasteiger partial charge in [-0.3, -0.25) is 9.59 Å². The summed E-state index contributed by atoms with van der Waals surface area (Å²) in [5.74, 6) is -0.350. The smallest absolute Gasteiger partial charge is 0.313 e. The van der Waals surface area contributed by atoms with Crippen LogP contribution in [0, 0.1) is 0 Å². The summed E-state index contributed by atoms with van der Waals surface area (Å²) >= 11 is 0. The van der Waals surface area contributed by atoms with Gasteiger partial charge in [0.1, 0.15) is 11.5 Å². The molecule has 0 bridgehead atoms. The van der Waals surface area contributed by atoms with Gasteiger partial charge < -0.3 is 25.0 Å². The topological polar surface area (TPSA) is 79.9 Å². The summed E-state index contributed by atoms with van der Waals surface area (Å²) in [4.78, 5) is 26.1. The minimum Gasteiger partial charge on any atom is -0.497 e. The van der Waals surface area contributed by atoms with E-state index in [1.165, 1.54) is 7.11 Å². The van der Waals surface area contributed by atoms with Crippen LogP contribution in [0.5, 0.6) is 11.5 Å². The highest BCUT2D eigenvalue weighted by Crippen LogP contribution is 2.28. The van der Waals surface area contributed by atoms with Gasteiger partial charge in [-0.15, -0.1) is 0 Å². The van der Waals surface area contributed by atoms with E-state index in [9.17, 15) is 9.59 Å². The van der Waals surface area contributed by atoms with Crippen molar-refractivity contribution in [3.8, 4) is 11.5 Å². The van der Waals surface area contributed by atoms with Crippen LogP contribution < -0.4 is 20.1 Å². The van der Waals surface area contributed by atoms with Crippen LogP contribution in [0.1, 0.15) is 20.3 Å². The summed E-state index contributed by atoms with van der Waals surface area (Å²) in [6.07, 6.45) is 0.798. The van der Waals surface area contributed by atoms with Gasteiger partial charge in [0.25, 0.3) is 0 Å². The van der Waals surface area contributed by atoms with Gasteiger partial charge in [0.05, 0.1) is 19.9 Å². The Morgan fingerprint density at radius 1 is 1.08 bits per heavy atom. The van der Waals surface area contributed by atoms with E-state index in [0.717, 1.165) is 26.1 Å². The average molecular weight is 337 g/mol. The number of methoxy groups -OCH3 is 2. The number of nitrogens with zero attached hydrogens (tertiary/aromatic N) is 1. The third kappa shape index (κ3) is 6.08. The average Bonchev–Trinajstić information content (AvgIpc) is 2.61. The zero-order valence-corrected chi connectivity index (χ0v) is 14.8. The van der Waals surface area contributed by atoms with E-state index in [2.05, 4.69) is 29.4 Å². The van der Waals surface area contributed by atoms with E-state index in [1.54, 1.807) is 25.3 Å². The number of benzene rings is 1. The van der Waals surface area contributed by atoms with E-state index in [0.29, 0.717) is 23.7 Å². The van der Waals surface area contributed by atoms with Crippen molar-refractivity contribution in [3.63, 3.8) is 0 Å². The van der Waals surface area contributed by atoms with Crippen molar-refractivity contribution in [1.29, 1.82) is 0 Å². The van der Waals surface area contributed by atoms with Crippen LogP contribution in [0.3, 0.4) is 0 Å². The zero-order valence-electron chi connectivity index (χ0n) is 14.8. The molecule has 0 aliphatic carbocycles. The molecule has 24 heavy (non-hydrogen) atoms. The Hall–Kier alpha value is -2.28. The Kier molecular flexibility index (Phi) is 8.64. The molecular formula is C17H27N3O4. The third-order valence-corrected chi connectivity index (χ3v) is 3.69. The Labute approximate surface area is 143 Å². The molecule has 0 saturated heterocycles. The minimum absolute atomic E-state index is 0.418. The summed E-state index contributed by atoms with van der Waals surface area (Å²) in [5.41, 5.74) is 0.418. The molecule has 1 rings (SSSR count). The highest BCUT2D eigenvalue weighted by atomic mass is 16.5. The zero-order chi connectivity index (χ0) is 17.9. The Morgan fingerprint density at radius 2 is 1.79 bits per heavy atom. The third-order valence-electron chi connectivity index (χ3n) is 3.69. The van der Waals surface area contributed by atoms with E-state index < -0.39 is 11.8 Å². The predicted molar refractivity (Wildman–Crippen MR) is 93.6 cm³/mol. The molecule has 0 aliphatic rings. The van der Waals surface area contributed by atoms with Gasteiger partial charge in [-0.05, 0) is 38.2 Å². The fourth-order valence-corrected chi connectivity index (χ4v) is 2.21. The van der Waals surface area contributed by atoms with Crippen molar-refractivity contribution in [2.45, 2.75) is 20.3 Å². The molecule has 0 radical (unpaired) electrons. The summed E-state index contributed by atoms with van der Waals surface area (Å²) in [7, 11) is 3.02. The van der Waals surface area contributed by atoms with Crippen LogP contribution >= 0.6 is 0 Å². The lowest BCUT2D eigenvalue weighted by molar-refractivity contribution is -0.136. The molecule has 7 nitrogen and oxygen atoms in total. The number of carbonyl (C=O) groups is 2. The molecule has 134 valence electrons. The summed E-state index contributed by atoms with van der Waals surface area (Å²) < 4.78 is 10.3. The van der Waals surface area contributed by atoms with E-state index in [1.807, 2.05) is 0 Å². The highest BCUT2D eigenvalue weighted by Gasteiger charge is 2.15. The molecule has 0 fully saturated rings. The molecule has 0 unspecified atom stereocenters. The van der Waals surface area contributed by atoms with Gasteiger partial charge in [-0.1, -0.05) is 13.8 Å². The maximum atomic E-state index is 12.0. The number of rotatable bonds is 9. The van der Waals surface area contributed by atoms with Crippen LogP contribution in [0.4, 0.5) is 5.69 Å². The normalized spacial score (nSPS) is 10.4. The molecule has 2 amide bonds. The molecule has 2 N–H and O–H groups in total. The first kappa shape index (κ1) is 19.8. The van der Waals surface area contributed by atoms with Gasteiger partial charge in [0, 0.05) is 12.6 Å². The highest BCUT2D eigenvalue weighted by molar-refractivity contribution is 6.39. The van der Waals surface area contributed by atoms with Gasteiger partial charge in [0.15, 0.2) is 0 Å². The SMILES string of the molecule is CCN(CC)CCCNC(=O)C(=O)Nc1ccc(OC)cc1OC. The maximum absolute atomic E-state index is 12.0. The monoisotopic (exact) mass is 337 g/mol. The van der Waals surface area contributed by atoms with E-state index in [4.69, 9.17) is 9.47 Å². The van der Waals surface area contributed by atoms with Crippen molar-refractivity contribution >= 4 is 17.5 Å². The van der Waals surface area contributed by atoms with Gasteiger partial charge >= 0.3 is 11.8 Å². The number of amides is 2. The lowest BCUT2D eigenvalue weighted by Crippen LogP contribution is -2.37. The Balaban J connectivity index is 2.48. The van der Waals surface area contributed by atoms with Crippen molar-refractivity contribution in [1.82, 2.24) is 10.2 Å². The Bertz CT molecular complexity index is 545.